The van der Waals surface area contributed by atoms with Crippen molar-refractivity contribution in [3.05, 3.63) is 159 Å². The number of allylic oxidation sites excluding steroid dienone is 5. The first kappa shape index (κ1) is 32.7. The lowest BCUT2D eigenvalue weighted by atomic mass is 9.34. The molecule has 1 nitrogen and oxygen atoms in total. The van der Waals surface area contributed by atoms with E-state index in [0.29, 0.717) is 0 Å². The number of fused-ring (bicyclic) bond motifs is 6. The number of benzene rings is 5. The van der Waals surface area contributed by atoms with Crippen LogP contribution in [0.2, 0.25) is 0 Å². The van der Waals surface area contributed by atoms with Crippen molar-refractivity contribution in [1.29, 1.82) is 0 Å². The van der Waals surface area contributed by atoms with Gasteiger partial charge in [-0.2, -0.15) is 0 Å². The molecule has 0 aliphatic heterocycles. The Balaban J connectivity index is 1.39. The summed E-state index contributed by atoms with van der Waals surface area (Å²) in [4.78, 5) is 0. The molecule has 49 heavy (non-hydrogen) atoms. The maximum absolute atomic E-state index is 4.77. The lowest BCUT2D eigenvalue weighted by molar-refractivity contribution is 0.660. The molecular weight excluding hydrogens is 589 g/mol. The average molecular weight is 638 g/mol. The Morgan fingerprint density at radius 2 is 1.22 bits per heavy atom. The molecule has 1 aliphatic rings. The van der Waals surface area contributed by atoms with Crippen LogP contribution in [0.25, 0.3) is 38.6 Å². The third-order valence-electron chi connectivity index (χ3n) is 11.1. The molecule has 0 N–H and O–H groups in total. The number of hydrogen-bond donors (Lipinski definition) is 0. The van der Waals surface area contributed by atoms with E-state index in [1.165, 1.54) is 99.6 Å². The van der Waals surface area contributed by atoms with Crippen molar-refractivity contribution >= 4 is 39.4 Å². The highest BCUT2D eigenvalue weighted by Gasteiger charge is 2.37. The lowest BCUT2D eigenvalue weighted by Gasteiger charge is -2.26. The van der Waals surface area contributed by atoms with Crippen LogP contribution in [0, 0.1) is 34.6 Å². The zero-order chi connectivity index (χ0) is 34.9. The number of nitrogens with zero attached hydrogens (tertiary/aromatic N) is 1. The first-order valence-electron chi connectivity index (χ1n) is 17.7. The van der Waals surface area contributed by atoms with E-state index >= 15 is 0 Å². The summed E-state index contributed by atoms with van der Waals surface area (Å²) >= 11 is 0. The third-order valence-corrected chi connectivity index (χ3v) is 11.1. The predicted octanol–water partition coefficient (Wildman–Crippen LogP) is 11.2. The maximum atomic E-state index is 4.77. The smallest absolute Gasteiger partial charge is 0.241 e. The Hall–Kier alpha value is -4.82. The molecular formula is C47H48BN. The molecule has 0 atom stereocenters. The zero-order valence-corrected chi connectivity index (χ0v) is 31.0. The van der Waals surface area contributed by atoms with Gasteiger partial charge in [0.15, 0.2) is 0 Å². The van der Waals surface area contributed by atoms with Crippen LogP contribution in [-0.2, 0) is 5.41 Å². The molecule has 0 unspecified atom stereocenters. The molecule has 0 spiro atoms. The van der Waals surface area contributed by atoms with Crippen LogP contribution in [0.15, 0.2) is 120 Å². The molecule has 6 aromatic rings. The molecule has 1 aromatic heterocycles. The third kappa shape index (κ3) is 5.33. The standard InChI is InChI=1S/C47H48BN/c1-12-28(2)21-32(6)35(9)48(46-33(7)22-31(5)23-34(46)8)36-15-17-38-39-18-16-37(27-43(39)47(10,11)42(38)26-36)49-44-19-13-29(3)24-40(44)41-25-30(4)14-20-45(41)49/h12-27H,9H2,1-8,10-11H3/b28-12-,32-21-. The van der Waals surface area contributed by atoms with Crippen LogP contribution in [0.5, 0.6) is 0 Å². The van der Waals surface area contributed by atoms with Crippen molar-refractivity contribution in [2.75, 3.05) is 0 Å². The van der Waals surface area contributed by atoms with Crippen LogP contribution in [0.1, 0.15) is 73.6 Å². The van der Waals surface area contributed by atoms with Gasteiger partial charge in [0.2, 0.25) is 6.71 Å². The van der Waals surface area contributed by atoms with Gasteiger partial charge in [-0.1, -0.05) is 130 Å². The minimum Gasteiger partial charge on any atom is -0.309 e. The van der Waals surface area contributed by atoms with Gasteiger partial charge >= 0.3 is 0 Å². The van der Waals surface area contributed by atoms with Crippen LogP contribution in [0.3, 0.4) is 0 Å². The highest BCUT2D eigenvalue weighted by Crippen LogP contribution is 2.49. The molecule has 0 amide bonds. The molecule has 0 saturated heterocycles. The lowest BCUT2D eigenvalue weighted by Crippen LogP contribution is -2.47. The van der Waals surface area contributed by atoms with Gasteiger partial charge < -0.3 is 4.57 Å². The molecule has 0 saturated carbocycles. The van der Waals surface area contributed by atoms with E-state index in [0.717, 1.165) is 5.47 Å². The van der Waals surface area contributed by atoms with Crippen molar-refractivity contribution < 1.29 is 0 Å². The van der Waals surface area contributed by atoms with Crippen LogP contribution in [-0.4, -0.2) is 11.3 Å². The number of hydrogen-bond acceptors (Lipinski definition) is 0. The molecule has 244 valence electrons. The van der Waals surface area contributed by atoms with Crippen molar-refractivity contribution in [2.24, 2.45) is 0 Å². The highest BCUT2D eigenvalue weighted by atomic mass is 15.0. The summed E-state index contributed by atoms with van der Waals surface area (Å²) in [6.07, 6.45) is 4.44. The Kier molecular flexibility index (Phi) is 7.98. The molecule has 7 rings (SSSR count). The fraction of sp³-hybridized carbons (Fsp3) is 0.234. The van der Waals surface area contributed by atoms with E-state index in [2.05, 4.69) is 171 Å². The molecule has 0 radical (unpaired) electrons. The molecule has 1 aliphatic carbocycles. The van der Waals surface area contributed by atoms with Gasteiger partial charge in [-0.25, -0.2) is 0 Å². The Morgan fingerprint density at radius 3 is 1.80 bits per heavy atom. The summed E-state index contributed by atoms with van der Waals surface area (Å²) in [5.74, 6) is 0. The van der Waals surface area contributed by atoms with Crippen LogP contribution < -0.4 is 10.9 Å². The minimum absolute atomic E-state index is 0.0615. The van der Waals surface area contributed by atoms with Gasteiger partial charge in [0.1, 0.15) is 0 Å². The van der Waals surface area contributed by atoms with Gasteiger partial charge in [0.05, 0.1) is 11.0 Å². The van der Waals surface area contributed by atoms with Gasteiger partial charge in [-0.15, -0.1) is 6.58 Å². The van der Waals surface area contributed by atoms with E-state index < -0.39 is 0 Å². The quantitative estimate of drug-likeness (QED) is 0.127. The maximum Gasteiger partial charge on any atom is 0.241 e. The molecule has 0 fully saturated rings. The summed E-state index contributed by atoms with van der Waals surface area (Å²) in [5, 5.41) is 2.63. The Labute approximate surface area is 293 Å². The molecule has 5 aromatic carbocycles. The SMILES string of the molecule is C=C(B(c1ccc2c(c1)C(C)(C)c1cc(-n3c4ccc(C)cc4c4cc(C)ccc43)ccc1-2)c1c(C)cc(C)cc1C)/C(C)=C\C(C)=C/C. The van der Waals surface area contributed by atoms with E-state index in [9.17, 15) is 0 Å². The van der Waals surface area contributed by atoms with E-state index in [1.807, 2.05) is 0 Å². The number of aromatic nitrogens is 1. The second-order valence-corrected chi connectivity index (χ2v) is 15.2. The van der Waals surface area contributed by atoms with Crippen molar-refractivity contribution in [3.63, 3.8) is 0 Å². The minimum atomic E-state index is -0.168. The highest BCUT2D eigenvalue weighted by molar-refractivity contribution is 6.92. The predicted molar refractivity (Wildman–Crippen MR) is 216 cm³/mol. The first-order chi connectivity index (χ1) is 23.3. The van der Waals surface area contributed by atoms with E-state index in [1.54, 1.807) is 0 Å². The first-order valence-corrected chi connectivity index (χ1v) is 17.7. The van der Waals surface area contributed by atoms with Gasteiger partial charge in [-0.05, 0) is 114 Å². The van der Waals surface area contributed by atoms with Gasteiger partial charge in [0.25, 0.3) is 0 Å². The largest absolute Gasteiger partial charge is 0.309 e. The summed E-state index contributed by atoms with van der Waals surface area (Å²) in [6.45, 7) is 27.2. The second-order valence-electron chi connectivity index (χ2n) is 15.2. The zero-order valence-electron chi connectivity index (χ0n) is 31.0. The monoisotopic (exact) mass is 637 g/mol. The molecule has 0 bridgehead atoms. The number of aryl methyl sites for hydroxylation is 5. The van der Waals surface area contributed by atoms with Crippen molar-refractivity contribution in [3.8, 4) is 16.8 Å². The summed E-state index contributed by atoms with van der Waals surface area (Å²) < 4.78 is 2.46. The summed E-state index contributed by atoms with van der Waals surface area (Å²) in [5.41, 5.74) is 21.8. The Morgan fingerprint density at radius 1 is 0.673 bits per heavy atom. The van der Waals surface area contributed by atoms with Crippen LogP contribution >= 0.6 is 0 Å². The fourth-order valence-electron chi connectivity index (χ4n) is 8.52. The topological polar surface area (TPSA) is 4.93 Å². The average Bonchev–Trinajstić information content (AvgIpc) is 3.49. The molecule has 2 heteroatoms. The van der Waals surface area contributed by atoms with Crippen LogP contribution in [0.4, 0.5) is 0 Å². The summed E-state index contributed by atoms with van der Waals surface area (Å²) in [6, 6.07) is 32.7. The van der Waals surface area contributed by atoms with Crippen molar-refractivity contribution in [1.82, 2.24) is 4.57 Å². The number of rotatable bonds is 6. The van der Waals surface area contributed by atoms with Gasteiger partial charge in [0, 0.05) is 21.9 Å². The van der Waals surface area contributed by atoms with Crippen molar-refractivity contribution in [2.45, 2.75) is 74.7 Å². The normalized spacial score (nSPS) is 14.0. The second kappa shape index (κ2) is 12.0. The Bertz CT molecular complexity index is 2320. The fourth-order valence-corrected chi connectivity index (χ4v) is 8.52. The van der Waals surface area contributed by atoms with E-state index in [4.69, 9.17) is 6.58 Å². The summed E-state index contributed by atoms with van der Waals surface area (Å²) in [7, 11) is 0. The molecule has 1 heterocycles. The van der Waals surface area contributed by atoms with Gasteiger partial charge in [-0.3, -0.25) is 0 Å². The van der Waals surface area contributed by atoms with E-state index in [-0.39, 0.29) is 12.1 Å².